The van der Waals surface area contributed by atoms with Crippen LogP contribution in [0.2, 0.25) is 0 Å². The maximum absolute atomic E-state index is 8.81. The van der Waals surface area contributed by atoms with Crippen molar-refractivity contribution in [1.29, 1.82) is 0 Å². The average Bonchev–Trinajstić information content (AvgIpc) is 3.07. The number of hydrogen-bond acceptors (Lipinski definition) is 5. The first-order valence-corrected chi connectivity index (χ1v) is 21.6. The summed E-state index contributed by atoms with van der Waals surface area (Å²) in [5, 5.41) is 8.81. The fourth-order valence-electron chi connectivity index (χ4n) is 6.40. The molecule has 0 fully saturated rings. The largest absolute Gasteiger partial charge is 0.412 e. The molecule has 53 heavy (non-hydrogen) atoms. The highest BCUT2D eigenvalue weighted by Crippen LogP contribution is 2.14. The van der Waals surface area contributed by atoms with Crippen molar-refractivity contribution in [3.63, 3.8) is 0 Å². The monoisotopic (exact) mass is 794 g/mol. The fraction of sp³-hybridized carbons (Fsp3) is 1.00. The molecule has 0 aliphatic rings. The van der Waals surface area contributed by atoms with Crippen molar-refractivity contribution in [3.05, 3.63) is 0 Å². The van der Waals surface area contributed by atoms with Gasteiger partial charge in [0.25, 0.3) is 0 Å². The number of hydrogen-bond donors (Lipinski definition) is 3. The highest BCUT2D eigenvalue weighted by atomic mass is 31.0. The van der Waals surface area contributed by atoms with E-state index in [-0.39, 0.29) is 50.9 Å². The molecule has 7 nitrogen and oxygen atoms in total. The van der Waals surface area contributed by atoms with Gasteiger partial charge in [0.2, 0.25) is 0 Å². The van der Waals surface area contributed by atoms with E-state index in [1.807, 2.05) is 0 Å². The van der Waals surface area contributed by atoms with Crippen LogP contribution < -0.4 is 12.3 Å². The van der Waals surface area contributed by atoms with Gasteiger partial charge in [-0.25, -0.2) is 0 Å². The van der Waals surface area contributed by atoms with E-state index in [2.05, 4.69) is 39.5 Å². The van der Waals surface area contributed by atoms with E-state index in [1.165, 1.54) is 219 Å². The predicted octanol–water partition coefficient (Wildman–Crippen LogP) is 14.7. The molecule has 0 rings (SSSR count). The van der Waals surface area contributed by atoms with Gasteiger partial charge in [0.1, 0.15) is 0 Å². The van der Waals surface area contributed by atoms with Gasteiger partial charge in [-0.2, -0.15) is 9.90 Å². The molecular formula is C45H116N3O4P. The molecule has 0 saturated heterocycles. The molecule has 0 heterocycles. The third-order valence-electron chi connectivity index (χ3n) is 9.77. The molecule has 0 aliphatic heterocycles. The SMILES string of the molecule is C.C.CCCCCCCCCCCCCCCCC.CCCCCCCCOC(C)CCCCCCCN(CC)CCCCCCCO.N.N.O.O.P.[HH].[HH]. The van der Waals surface area contributed by atoms with Crippen molar-refractivity contribution >= 4 is 9.90 Å². The minimum absolute atomic E-state index is 0. The van der Waals surface area contributed by atoms with Crippen molar-refractivity contribution in [1.82, 2.24) is 17.2 Å². The van der Waals surface area contributed by atoms with Gasteiger partial charge in [-0.1, -0.05) is 216 Å². The van der Waals surface area contributed by atoms with Crippen LogP contribution in [0.4, 0.5) is 0 Å². The summed E-state index contributed by atoms with van der Waals surface area (Å²) in [4.78, 5) is 2.62. The Morgan fingerprint density at radius 3 is 1.06 bits per heavy atom. The van der Waals surface area contributed by atoms with Gasteiger partial charge in [0, 0.05) is 16.1 Å². The van der Waals surface area contributed by atoms with E-state index in [9.17, 15) is 0 Å². The van der Waals surface area contributed by atoms with Gasteiger partial charge in [0.05, 0.1) is 6.10 Å². The highest BCUT2D eigenvalue weighted by Gasteiger charge is 2.04. The zero-order valence-corrected chi connectivity index (χ0v) is 37.6. The van der Waals surface area contributed by atoms with Crippen molar-refractivity contribution in [2.45, 2.75) is 261 Å². The van der Waals surface area contributed by atoms with Crippen molar-refractivity contribution < 1.29 is 23.6 Å². The molecule has 0 aromatic carbocycles. The Bertz CT molecular complexity index is 523. The molecule has 340 valence electrons. The maximum atomic E-state index is 8.81. The fourth-order valence-corrected chi connectivity index (χ4v) is 6.40. The summed E-state index contributed by atoms with van der Waals surface area (Å²) < 4.78 is 5.97. The highest BCUT2D eigenvalue weighted by molar-refractivity contribution is 6.92. The van der Waals surface area contributed by atoms with E-state index in [1.54, 1.807) is 0 Å². The molecule has 0 saturated carbocycles. The van der Waals surface area contributed by atoms with E-state index in [4.69, 9.17) is 9.84 Å². The van der Waals surface area contributed by atoms with E-state index in [0.29, 0.717) is 12.7 Å². The van der Waals surface area contributed by atoms with Crippen LogP contribution in [0.1, 0.15) is 258 Å². The van der Waals surface area contributed by atoms with E-state index < -0.39 is 0 Å². The second-order valence-corrected chi connectivity index (χ2v) is 14.5. The lowest BCUT2D eigenvalue weighted by molar-refractivity contribution is 0.0557. The number of aliphatic hydroxyl groups is 1. The predicted molar refractivity (Wildman–Crippen MR) is 255 cm³/mol. The third-order valence-corrected chi connectivity index (χ3v) is 9.77. The van der Waals surface area contributed by atoms with E-state index >= 15 is 0 Å². The van der Waals surface area contributed by atoms with Crippen LogP contribution in [0.3, 0.4) is 0 Å². The summed E-state index contributed by atoms with van der Waals surface area (Å²) >= 11 is 0. The second kappa shape index (κ2) is 70.0. The minimum Gasteiger partial charge on any atom is -0.412 e. The Morgan fingerprint density at radius 2 is 0.736 bits per heavy atom. The lowest BCUT2D eigenvalue weighted by Gasteiger charge is -2.20. The number of ether oxygens (including phenoxy) is 1. The quantitative estimate of drug-likeness (QED) is 0.0417. The summed E-state index contributed by atoms with van der Waals surface area (Å²) in [5.41, 5.74) is 0. The van der Waals surface area contributed by atoms with E-state index in [0.717, 1.165) is 13.0 Å². The van der Waals surface area contributed by atoms with Gasteiger partial charge in [-0.15, -0.1) is 0 Å². The summed E-state index contributed by atoms with van der Waals surface area (Å²) in [6.45, 7) is 16.4. The first-order valence-electron chi connectivity index (χ1n) is 21.6. The summed E-state index contributed by atoms with van der Waals surface area (Å²) in [7, 11) is 0. The van der Waals surface area contributed by atoms with Crippen LogP contribution in [0.5, 0.6) is 0 Å². The molecule has 11 N–H and O–H groups in total. The molecule has 0 aliphatic carbocycles. The third kappa shape index (κ3) is 70.4. The van der Waals surface area contributed by atoms with Crippen molar-refractivity contribution in [3.8, 4) is 0 Å². The maximum Gasteiger partial charge on any atom is 0.0547 e. The Balaban J connectivity index is -0.0000000732. The van der Waals surface area contributed by atoms with Crippen molar-refractivity contribution in [2.75, 3.05) is 32.8 Å². The lowest BCUT2D eigenvalue weighted by atomic mass is 10.0. The molecule has 0 bridgehead atoms. The first kappa shape index (κ1) is 74.2. The Kier molecular flexibility index (Phi) is 97.9. The Labute approximate surface area is 343 Å². The number of unbranched alkanes of at least 4 members (excludes halogenated alkanes) is 27. The molecule has 0 radical (unpaired) electrons. The number of aliphatic hydroxyl groups excluding tert-OH is 1. The van der Waals surface area contributed by atoms with Crippen LogP contribution in [-0.2, 0) is 4.74 Å². The Morgan fingerprint density at radius 1 is 0.453 bits per heavy atom. The smallest absolute Gasteiger partial charge is 0.0547 e. The molecule has 0 aromatic heterocycles. The topological polar surface area (TPSA) is 166 Å². The minimum atomic E-state index is 0. The standard InChI is InChI=1S/C26H55NO2.C17H36.2CH4.2H3N.2H2O.H3P.2H2/c1-4-6-7-8-15-20-25-29-26(3)21-16-11-9-12-17-22-27(5-2)23-18-13-10-14-19-24-28;1-3-5-7-9-11-13-15-17-16-14-12-10-8-6-4-2;;;;;;;;;/h26,28H,4-25H2,1-3H3;3-17H2,1-2H3;2*1H4;2*1H3;2*1H2;1H3;2*1H. The van der Waals surface area contributed by atoms with Gasteiger partial charge in [-0.3, -0.25) is 0 Å². The van der Waals surface area contributed by atoms with Crippen LogP contribution in [0.25, 0.3) is 0 Å². The van der Waals surface area contributed by atoms with Gasteiger partial charge in [0.15, 0.2) is 0 Å². The van der Waals surface area contributed by atoms with Gasteiger partial charge >= 0.3 is 0 Å². The average molecular weight is 794 g/mol. The zero-order valence-electron chi connectivity index (χ0n) is 36.2. The zero-order chi connectivity index (χ0) is 34.0. The number of nitrogens with zero attached hydrogens (tertiary/aromatic N) is 1. The van der Waals surface area contributed by atoms with Gasteiger partial charge < -0.3 is 38.0 Å². The van der Waals surface area contributed by atoms with Gasteiger partial charge in [-0.05, 0) is 58.7 Å². The molecule has 8 heteroatoms. The lowest BCUT2D eigenvalue weighted by Crippen LogP contribution is -2.25. The molecule has 0 aromatic rings. The van der Waals surface area contributed by atoms with Crippen molar-refractivity contribution in [2.24, 2.45) is 0 Å². The van der Waals surface area contributed by atoms with Crippen LogP contribution in [0, 0.1) is 0 Å². The number of rotatable bonds is 38. The molecule has 0 amide bonds. The summed E-state index contributed by atoms with van der Waals surface area (Å²) in [6, 6.07) is 0. The normalized spacial score (nSPS) is 10.5. The summed E-state index contributed by atoms with van der Waals surface area (Å²) in [6.07, 6.45) is 44.5. The molecule has 2 unspecified atom stereocenters. The van der Waals surface area contributed by atoms with Crippen LogP contribution >= 0.6 is 9.90 Å². The molecular weight excluding hydrogens is 677 g/mol. The first-order chi connectivity index (χ1) is 22.7. The molecule has 0 spiro atoms. The summed E-state index contributed by atoms with van der Waals surface area (Å²) in [5.74, 6) is 0. The second-order valence-electron chi connectivity index (χ2n) is 14.5. The van der Waals surface area contributed by atoms with Crippen LogP contribution in [-0.4, -0.2) is 59.9 Å². The van der Waals surface area contributed by atoms with Crippen LogP contribution in [0.15, 0.2) is 0 Å². The Hall–Kier alpha value is 0.150. The molecule has 2 atom stereocenters.